The molecule has 1 aliphatic carbocycles. The SMILES string of the molecule is CC(C)(C)NC(=O)c1ccccc1NC(=O)C1CC1C(=O)O. The average molecular weight is 304 g/mol. The lowest BCUT2D eigenvalue weighted by atomic mass is 10.1. The van der Waals surface area contributed by atoms with Gasteiger partial charge >= 0.3 is 5.97 Å². The maximum Gasteiger partial charge on any atom is 0.307 e. The standard InChI is InChI=1S/C16H20N2O4/c1-16(2,3)18-14(20)9-6-4-5-7-12(9)17-13(19)10-8-11(10)15(21)22/h4-7,10-11H,8H2,1-3H3,(H,17,19)(H,18,20)(H,21,22). The van der Waals surface area contributed by atoms with E-state index in [1.807, 2.05) is 20.8 Å². The summed E-state index contributed by atoms with van der Waals surface area (Å²) in [5.41, 5.74) is 0.364. The summed E-state index contributed by atoms with van der Waals surface area (Å²) in [5.74, 6) is -2.73. The van der Waals surface area contributed by atoms with E-state index in [-0.39, 0.29) is 17.4 Å². The van der Waals surface area contributed by atoms with E-state index in [0.29, 0.717) is 17.7 Å². The van der Waals surface area contributed by atoms with Crippen molar-refractivity contribution in [3.63, 3.8) is 0 Å². The first-order valence-electron chi connectivity index (χ1n) is 7.14. The summed E-state index contributed by atoms with van der Waals surface area (Å²) >= 11 is 0. The van der Waals surface area contributed by atoms with Crippen LogP contribution < -0.4 is 10.6 Å². The minimum absolute atomic E-state index is 0.283. The Bertz CT molecular complexity index is 619. The van der Waals surface area contributed by atoms with Crippen molar-refractivity contribution in [3.8, 4) is 0 Å². The topological polar surface area (TPSA) is 95.5 Å². The minimum Gasteiger partial charge on any atom is -0.481 e. The Hall–Kier alpha value is -2.37. The van der Waals surface area contributed by atoms with Gasteiger partial charge in [0, 0.05) is 5.54 Å². The second kappa shape index (κ2) is 5.79. The minimum atomic E-state index is -0.959. The van der Waals surface area contributed by atoms with Gasteiger partial charge in [0.15, 0.2) is 0 Å². The molecule has 0 aliphatic heterocycles. The van der Waals surface area contributed by atoms with E-state index in [2.05, 4.69) is 10.6 Å². The third kappa shape index (κ3) is 3.84. The Balaban J connectivity index is 2.11. The van der Waals surface area contributed by atoms with E-state index in [0.717, 1.165) is 0 Å². The Morgan fingerprint density at radius 1 is 1.14 bits per heavy atom. The van der Waals surface area contributed by atoms with Crippen LogP contribution in [0.15, 0.2) is 24.3 Å². The number of rotatable bonds is 4. The number of benzene rings is 1. The highest BCUT2D eigenvalue weighted by molar-refractivity contribution is 6.05. The summed E-state index contributed by atoms with van der Waals surface area (Å²) in [7, 11) is 0. The normalized spacial score (nSPS) is 20.1. The molecule has 1 fully saturated rings. The smallest absolute Gasteiger partial charge is 0.307 e. The van der Waals surface area contributed by atoms with Crippen molar-refractivity contribution in [1.82, 2.24) is 5.32 Å². The van der Waals surface area contributed by atoms with E-state index < -0.39 is 17.8 Å². The predicted molar refractivity (Wildman–Crippen MR) is 81.5 cm³/mol. The highest BCUT2D eigenvalue weighted by atomic mass is 16.4. The number of carbonyl (C=O) groups is 3. The van der Waals surface area contributed by atoms with E-state index >= 15 is 0 Å². The summed E-state index contributed by atoms with van der Waals surface area (Å²) in [6, 6.07) is 6.68. The monoisotopic (exact) mass is 304 g/mol. The van der Waals surface area contributed by atoms with Crippen LogP contribution in [0.1, 0.15) is 37.6 Å². The maximum absolute atomic E-state index is 12.3. The molecule has 0 heterocycles. The summed E-state index contributed by atoms with van der Waals surface area (Å²) in [4.78, 5) is 35.1. The zero-order valence-electron chi connectivity index (χ0n) is 12.8. The van der Waals surface area contributed by atoms with E-state index in [1.54, 1.807) is 24.3 Å². The molecule has 2 amide bonds. The van der Waals surface area contributed by atoms with E-state index in [4.69, 9.17) is 5.11 Å². The van der Waals surface area contributed by atoms with E-state index in [1.165, 1.54) is 0 Å². The molecular weight excluding hydrogens is 284 g/mol. The molecule has 0 aromatic heterocycles. The van der Waals surface area contributed by atoms with Gasteiger partial charge in [0.1, 0.15) is 0 Å². The van der Waals surface area contributed by atoms with Crippen molar-refractivity contribution in [3.05, 3.63) is 29.8 Å². The van der Waals surface area contributed by atoms with Crippen LogP contribution in [0.4, 0.5) is 5.69 Å². The zero-order valence-corrected chi connectivity index (χ0v) is 12.8. The zero-order chi connectivity index (χ0) is 16.5. The van der Waals surface area contributed by atoms with Gasteiger partial charge in [-0.1, -0.05) is 12.1 Å². The Morgan fingerprint density at radius 3 is 2.32 bits per heavy atom. The third-order valence-corrected chi connectivity index (χ3v) is 3.36. The highest BCUT2D eigenvalue weighted by Crippen LogP contribution is 2.39. The number of carboxylic acids is 1. The van der Waals surface area contributed by atoms with Gasteiger partial charge in [0.25, 0.3) is 5.91 Å². The van der Waals surface area contributed by atoms with Crippen molar-refractivity contribution >= 4 is 23.5 Å². The van der Waals surface area contributed by atoms with Crippen molar-refractivity contribution < 1.29 is 19.5 Å². The molecule has 2 unspecified atom stereocenters. The van der Waals surface area contributed by atoms with Crippen LogP contribution in [0.2, 0.25) is 0 Å². The summed E-state index contributed by atoms with van der Waals surface area (Å²) in [6.07, 6.45) is 0.345. The molecule has 6 nitrogen and oxygen atoms in total. The molecule has 1 aromatic rings. The summed E-state index contributed by atoms with van der Waals surface area (Å²) in [5, 5.41) is 14.4. The van der Waals surface area contributed by atoms with E-state index in [9.17, 15) is 14.4 Å². The quantitative estimate of drug-likeness (QED) is 0.791. The van der Waals surface area contributed by atoms with Gasteiger partial charge in [-0.25, -0.2) is 0 Å². The number of carbonyl (C=O) groups excluding carboxylic acids is 2. The molecule has 2 atom stereocenters. The van der Waals surface area contributed by atoms with Gasteiger partial charge in [-0.05, 0) is 39.3 Å². The lowest BCUT2D eigenvalue weighted by molar-refractivity contribution is -0.139. The van der Waals surface area contributed by atoms with Crippen molar-refractivity contribution in [2.24, 2.45) is 11.8 Å². The number of anilines is 1. The highest BCUT2D eigenvalue weighted by Gasteiger charge is 2.48. The molecule has 0 radical (unpaired) electrons. The molecular formula is C16H20N2O4. The molecule has 3 N–H and O–H groups in total. The van der Waals surface area contributed by atoms with Crippen molar-refractivity contribution in [1.29, 1.82) is 0 Å². The van der Waals surface area contributed by atoms with Crippen LogP contribution in [-0.2, 0) is 9.59 Å². The summed E-state index contributed by atoms with van der Waals surface area (Å²) in [6.45, 7) is 5.61. The van der Waals surface area contributed by atoms with Crippen LogP contribution in [0, 0.1) is 11.8 Å². The van der Waals surface area contributed by atoms with Crippen LogP contribution in [0.5, 0.6) is 0 Å². The van der Waals surface area contributed by atoms with Crippen LogP contribution in [0.25, 0.3) is 0 Å². The van der Waals surface area contributed by atoms with Crippen molar-refractivity contribution in [2.45, 2.75) is 32.7 Å². The molecule has 1 saturated carbocycles. The average Bonchev–Trinajstić information content (AvgIpc) is 3.17. The molecule has 118 valence electrons. The number of para-hydroxylation sites is 1. The van der Waals surface area contributed by atoms with Gasteiger partial charge in [-0.2, -0.15) is 0 Å². The first-order chi connectivity index (χ1) is 10.2. The Labute approximate surface area is 128 Å². The molecule has 0 saturated heterocycles. The summed E-state index contributed by atoms with van der Waals surface area (Å²) < 4.78 is 0. The second-order valence-electron chi connectivity index (χ2n) is 6.53. The predicted octanol–water partition coefficient (Wildman–Crippen LogP) is 1.87. The number of nitrogens with one attached hydrogen (secondary N) is 2. The number of hydrogen-bond acceptors (Lipinski definition) is 3. The first kappa shape index (κ1) is 16.0. The third-order valence-electron chi connectivity index (χ3n) is 3.36. The number of aliphatic carboxylic acids is 1. The number of carboxylic acid groups (broad SMARTS) is 1. The molecule has 6 heteroatoms. The van der Waals surface area contributed by atoms with Gasteiger partial charge in [-0.3, -0.25) is 14.4 Å². The molecule has 22 heavy (non-hydrogen) atoms. The maximum atomic E-state index is 12.3. The van der Waals surface area contributed by atoms with Gasteiger partial charge in [0.05, 0.1) is 23.1 Å². The van der Waals surface area contributed by atoms with Crippen LogP contribution in [0.3, 0.4) is 0 Å². The first-order valence-corrected chi connectivity index (χ1v) is 7.14. The largest absolute Gasteiger partial charge is 0.481 e. The van der Waals surface area contributed by atoms with Crippen molar-refractivity contribution in [2.75, 3.05) is 5.32 Å². The molecule has 2 rings (SSSR count). The van der Waals surface area contributed by atoms with Gasteiger partial charge in [0.2, 0.25) is 5.91 Å². The second-order valence-corrected chi connectivity index (χ2v) is 6.53. The van der Waals surface area contributed by atoms with Crippen LogP contribution >= 0.6 is 0 Å². The fraction of sp³-hybridized carbons (Fsp3) is 0.438. The molecule has 0 spiro atoms. The Kier molecular flexibility index (Phi) is 4.21. The fourth-order valence-electron chi connectivity index (χ4n) is 2.18. The van der Waals surface area contributed by atoms with Gasteiger partial charge < -0.3 is 15.7 Å². The molecule has 0 bridgehead atoms. The molecule has 1 aromatic carbocycles. The lowest BCUT2D eigenvalue weighted by Gasteiger charge is -2.21. The van der Waals surface area contributed by atoms with Crippen LogP contribution in [-0.4, -0.2) is 28.4 Å². The number of amides is 2. The molecule has 1 aliphatic rings. The fourth-order valence-corrected chi connectivity index (χ4v) is 2.18. The Morgan fingerprint density at radius 2 is 1.77 bits per heavy atom. The number of hydrogen-bond donors (Lipinski definition) is 3. The lowest BCUT2D eigenvalue weighted by Crippen LogP contribution is -2.40. The van der Waals surface area contributed by atoms with Gasteiger partial charge in [-0.15, -0.1) is 0 Å².